The van der Waals surface area contributed by atoms with Crippen LogP contribution in [0.2, 0.25) is 0 Å². The van der Waals surface area contributed by atoms with Gasteiger partial charge in [0.25, 0.3) is 0 Å². The molecule has 0 aliphatic heterocycles. The van der Waals surface area contributed by atoms with E-state index in [4.69, 9.17) is 0 Å². The Labute approximate surface area is 69.7 Å². The molecule has 11 heavy (non-hydrogen) atoms. The maximum atomic E-state index is 2.51. The van der Waals surface area contributed by atoms with E-state index >= 15 is 0 Å². The second-order valence-electron chi connectivity index (χ2n) is 4.01. The van der Waals surface area contributed by atoms with Crippen molar-refractivity contribution in [2.75, 3.05) is 0 Å². The van der Waals surface area contributed by atoms with Crippen molar-refractivity contribution < 1.29 is 0 Å². The Morgan fingerprint density at radius 1 is 1.00 bits per heavy atom. The lowest BCUT2D eigenvalue weighted by atomic mass is 9.83. The van der Waals surface area contributed by atoms with Crippen LogP contribution in [0.4, 0.5) is 0 Å². The zero-order chi connectivity index (χ0) is 7.52. The lowest BCUT2D eigenvalue weighted by Gasteiger charge is -2.22. The summed E-state index contributed by atoms with van der Waals surface area (Å²) in [4.78, 5) is 0. The average Bonchev–Trinajstić information content (AvgIpc) is 2.58. The van der Waals surface area contributed by atoms with Gasteiger partial charge in [0.2, 0.25) is 0 Å². The number of rotatable bonds is 1. The van der Waals surface area contributed by atoms with Crippen molar-refractivity contribution in [1.29, 1.82) is 0 Å². The topological polar surface area (TPSA) is 0 Å². The van der Waals surface area contributed by atoms with Crippen LogP contribution in [-0.4, -0.2) is 0 Å². The van der Waals surface area contributed by atoms with Crippen molar-refractivity contribution in [3.8, 4) is 0 Å². The van der Waals surface area contributed by atoms with Gasteiger partial charge in [-0.2, -0.15) is 0 Å². The third kappa shape index (κ3) is 1.66. The summed E-state index contributed by atoms with van der Waals surface area (Å²) in [5.74, 6) is 1.01. The molecule has 62 valence electrons. The first-order valence-corrected chi connectivity index (χ1v) is 5.16. The van der Waals surface area contributed by atoms with E-state index in [9.17, 15) is 0 Å². The van der Waals surface area contributed by atoms with E-state index in [1.807, 2.05) is 5.57 Å². The van der Waals surface area contributed by atoms with Crippen molar-refractivity contribution in [3.05, 3.63) is 11.6 Å². The number of allylic oxidation sites excluding steroid dienone is 2. The molecule has 2 aliphatic rings. The first-order chi connectivity index (χ1) is 5.47. The van der Waals surface area contributed by atoms with E-state index in [0.29, 0.717) is 0 Å². The molecule has 1 saturated carbocycles. The highest BCUT2D eigenvalue weighted by atomic mass is 14.2. The minimum atomic E-state index is 1.01. The molecule has 0 saturated heterocycles. The van der Waals surface area contributed by atoms with Crippen LogP contribution < -0.4 is 0 Å². The quantitative estimate of drug-likeness (QED) is 0.500. The van der Waals surface area contributed by atoms with Crippen molar-refractivity contribution in [3.63, 3.8) is 0 Å². The van der Waals surface area contributed by atoms with Gasteiger partial charge in [-0.15, -0.1) is 0 Å². The molecule has 0 aromatic rings. The third-order valence-corrected chi connectivity index (χ3v) is 3.21. The molecule has 0 radical (unpaired) electrons. The summed E-state index contributed by atoms with van der Waals surface area (Å²) in [5.41, 5.74) is 1.81. The normalized spacial score (nSPS) is 27.1. The third-order valence-electron chi connectivity index (χ3n) is 3.21. The van der Waals surface area contributed by atoms with Gasteiger partial charge in [0.05, 0.1) is 0 Å². The van der Waals surface area contributed by atoms with E-state index in [2.05, 4.69) is 6.08 Å². The standard InChI is InChI=1S/C11H18/c1-2-6-10(7-3-1)11-8-4-5-9-11/h8,10H,1-7,9H2. The molecule has 0 heteroatoms. The molecule has 0 atom stereocenters. The molecule has 0 unspecified atom stereocenters. The molecular formula is C11H18. The Morgan fingerprint density at radius 2 is 1.82 bits per heavy atom. The van der Waals surface area contributed by atoms with Crippen molar-refractivity contribution in [2.45, 2.75) is 51.4 Å². The fourth-order valence-corrected chi connectivity index (χ4v) is 2.54. The predicted molar refractivity (Wildman–Crippen MR) is 48.5 cm³/mol. The maximum absolute atomic E-state index is 2.51. The van der Waals surface area contributed by atoms with Crippen LogP contribution in [-0.2, 0) is 0 Å². The van der Waals surface area contributed by atoms with Crippen molar-refractivity contribution in [2.24, 2.45) is 5.92 Å². The van der Waals surface area contributed by atoms with E-state index < -0.39 is 0 Å². The predicted octanol–water partition coefficient (Wildman–Crippen LogP) is 3.68. The number of hydrogen-bond acceptors (Lipinski definition) is 0. The molecule has 0 N–H and O–H groups in total. The Morgan fingerprint density at radius 3 is 2.45 bits per heavy atom. The summed E-state index contributed by atoms with van der Waals surface area (Å²) in [6, 6.07) is 0. The van der Waals surface area contributed by atoms with Crippen molar-refractivity contribution in [1.82, 2.24) is 0 Å². The highest BCUT2D eigenvalue weighted by molar-refractivity contribution is 5.11. The fourth-order valence-electron chi connectivity index (χ4n) is 2.54. The molecule has 0 heterocycles. The maximum Gasteiger partial charge on any atom is -0.0203 e. The van der Waals surface area contributed by atoms with Gasteiger partial charge in [0.15, 0.2) is 0 Å². The van der Waals surface area contributed by atoms with Gasteiger partial charge < -0.3 is 0 Å². The highest BCUT2D eigenvalue weighted by Gasteiger charge is 2.18. The number of hydrogen-bond donors (Lipinski definition) is 0. The van der Waals surface area contributed by atoms with Gasteiger partial charge >= 0.3 is 0 Å². The fraction of sp³-hybridized carbons (Fsp3) is 0.818. The summed E-state index contributed by atoms with van der Waals surface area (Å²) in [6.45, 7) is 0. The van der Waals surface area contributed by atoms with Crippen LogP contribution in [0.25, 0.3) is 0 Å². The average molecular weight is 150 g/mol. The van der Waals surface area contributed by atoms with Crippen LogP contribution in [0, 0.1) is 5.92 Å². The molecule has 0 aromatic heterocycles. The molecular weight excluding hydrogens is 132 g/mol. The second kappa shape index (κ2) is 3.42. The lowest BCUT2D eigenvalue weighted by Crippen LogP contribution is -2.07. The Bertz CT molecular complexity index is 149. The molecule has 0 bridgehead atoms. The van der Waals surface area contributed by atoms with Gasteiger partial charge in [0, 0.05) is 0 Å². The summed E-state index contributed by atoms with van der Waals surface area (Å²) in [5, 5.41) is 0. The Balaban J connectivity index is 1.92. The van der Waals surface area contributed by atoms with Gasteiger partial charge in [-0.05, 0) is 38.0 Å². The molecule has 2 rings (SSSR count). The Kier molecular flexibility index (Phi) is 2.30. The Hall–Kier alpha value is -0.260. The van der Waals surface area contributed by atoms with E-state index in [1.165, 1.54) is 51.4 Å². The summed E-state index contributed by atoms with van der Waals surface area (Å²) >= 11 is 0. The SMILES string of the molecule is C1=C(C2CCCCC2)CCC1. The lowest BCUT2D eigenvalue weighted by molar-refractivity contribution is 0.397. The van der Waals surface area contributed by atoms with Gasteiger partial charge in [-0.1, -0.05) is 30.9 Å². The van der Waals surface area contributed by atoms with Gasteiger partial charge in [-0.25, -0.2) is 0 Å². The van der Waals surface area contributed by atoms with Crippen LogP contribution in [0.15, 0.2) is 11.6 Å². The molecule has 0 nitrogen and oxygen atoms in total. The van der Waals surface area contributed by atoms with Crippen LogP contribution in [0.5, 0.6) is 0 Å². The van der Waals surface area contributed by atoms with Gasteiger partial charge in [0.1, 0.15) is 0 Å². The van der Waals surface area contributed by atoms with E-state index in [0.717, 1.165) is 5.92 Å². The zero-order valence-electron chi connectivity index (χ0n) is 7.31. The van der Waals surface area contributed by atoms with Crippen molar-refractivity contribution >= 4 is 0 Å². The monoisotopic (exact) mass is 150 g/mol. The van der Waals surface area contributed by atoms with Crippen LogP contribution >= 0.6 is 0 Å². The zero-order valence-corrected chi connectivity index (χ0v) is 7.31. The molecule has 0 spiro atoms. The first-order valence-electron chi connectivity index (χ1n) is 5.16. The smallest absolute Gasteiger partial charge is 0.0203 e. The summed E-state index contributed by atoms with van der Waals surface area (Å²) in [7, 11) is 0. The first kappa shape index (κ1) is 7.39. The summed E-state index contributed by atoms with van der Waals surface area (Å²) in [6.07, 6.45) is 14.2. The largest absolute Gasteiger partial charge is 0.0850 e. The molecule has 1 fully saturated rings. The minimum absolute atomic E-state index is 1.01. The second-order valence-corrected chi connectivity index (χ2v) is 4.01. The molecule has 0 amide bonds. The molecule has 2 aliphatic carbocycles. The molecule has 0 aromatic carbocycles. The van der Waals surface area contributed by atoms with E-state index in [-0.39, 0.29) is 0 Å². The van der Waals surface area contributed by atoms with Gasteiger partial charge in [-0.3, -0.25) is 0 Å². The van der Waals surface area contributed by atoms with Crippen LogP contribution in [0.1, 0.15) is 51.4 Å². The van der Waals surface area contributed by atoms with E-state index in [1.54, 1.807) is 0 Å². The highest BCUT2D eigenvalue weighted by Crippen LogP contribution is 2.35. The minimum Gasteiger partial charge on any atom is -0.0850 e. The van der Waals surface area contributed by atoms with Crippen LogP contribution in [0.3, 0.4) is 0 Å². The summed E-state index contributed by atoms with van der Waals surface area (Å²) < 4.78 is 0.